The molecule has 3 atom stereocenters. The molecule has 2 fully saturated rings. The summed E-state index contributed by atoms with van der Waals surface area (Å²) in [5.41, 5.74) is 0. The lowest BCUT2D eigenvalue weighted by molar-refractivity contribution is -0.124. The van der Waals surface area contributed by atoms with Crippen LogP contribution in [0.4, 0.5) is 0 Å². The molecular formula is C10H16O2. The van der Waals surface area contributed by atoms with Crippen LogP contribution in [-0.4, -0.2) is 17.0 Å². The molecule has 0 aliphatic heterocycles. The maximum absolute atomic E-state index is 11.1. The van der Waals surface area contributed by atoms with E-state index in [1.165, 1.54) is 0 Å². The number of hydrogen-bond donors (Lipinski definition) is 1. The van der Waals surface area contributed by atoms with Gasteiger partial charge in [-0.3, -0.25) is 4.79 Å². The summed E-state index contributed by atoms with van der Waals surface area (Å²) in [5.74, 6) is 1.69. The third kappa shape index (κ3) is 1.53. The molecule has 0 aromatic rings. The second-order valence-corrected chi connectivity index (χ2v) is 4.27. The Morgan fingerprint density at radius 3 is 2.83 bits per heavy atom. The lowest BCUT2D eigenvalue weighted by atomic mass is 9.70. The van der Waals surface area contributed by atoms with E-state index in [0.29, 0.717) is 17.6 Å². The molecule has 0 heterocycles. The summed E-state index contributed by atoms with van der Waals surface area (Å²) in [5, 5.41) is 9.43. The van der Waals surface area contributed by atoms with E-state index in [-0.39, 0.29) is 6.10 Å². The molecule has 12 heavy (non-hydrogen) atoms. The Morgan fingerprint density at radius 1 is 1.17 bits per heavy atom. The molecule has 0 aromatic carbocycles. The standard InChI is InChI=1S/C10H16O2/c11-9-3-1-7-5-10(12)4-2-8(7)6-9/h7-9,11H,1-6H2/t7-,8+,9+/m0/s1. The van der Waals surface area contributed by atoms with Gasteiger partial charge in [-0.1, -0.05) is 0 Å². The fraction of sp³-hybridized carbons (Fsp3) is 0.900. The molecule has 1 N–H and O–H groups in total. The summed E-state index contributed by atoms with van der Waals surface area (Å²) in [4.78, 5) is 11.1. The minimum Gasteiger partial charge on any atom is -0.393 e. The van der Waals surface area contributed by atoms with E-state index in [9.17, 15) is 9.90 Å². The number of aliphatic hydroxyl groups excluding tert-OH is 1. The van der Waals surface area contributed by atoms with Crippen LogP contribution < -0.4 is 0 Å². The number of Topliss-reactive ketones (excluding diaryl/α,β-unsaturated/α-hetero) is 1. The van der Waals surface area contributed by atoms with Crippen molar-refractivity contribution in [3.05, 3.63) is 0 Å². The van der Waals surface area contributed by atoms with Gasteiger partial charge >= 0.3 is 0 Å². The highest BCUT2D eigenvalue weighted by molar-refractivity contribution is 5.79. The zero-order valence-corrected chi connectivity index (χ0v) is 7.33. The van der Waals surface area contributed by atoms with Gasteiger partial charge < -0.3 is 5.11 Å². The van der Waals surface area contributed by atoms with Gasteiger partial charge in [-0.15, -0.1) is 0 Å². The van der Waals surface area contributed by atoms with Gasteiger partial charge in [0.05, 0.1) is 6.10 Å². The monoisotopic (exact) mass is 168 g/mol. The highest BCUT2D eigenvalue weighted by Gasteiger charge is 2.33. The van der Waals surface area contributed by atoms with Gasteiger partial charge in [-0.2, -0.15) is 0 Å². The van der Waals surface area contributed by atoms with Crippen molar-refractivity contribution in [2.24, 2.45) is 11.8 Å². The van der Waals surface area contributed by atoms with Crippen LogP contribution in [0.1, 0.15) is 38.5 Å². The highest BCUT2D eigenvalue weighted by atomic mass is 16.3. The Bertz CT molecular complexity index is 188. The first kappa shape index (κ1) is 8.24. The van der Waals surface area contributed by atoms with Gasteiger partial charge in [0.2, 0.25) is 0 Å². The lowest BCUT2D eigenvalue weighted by Gasteiger charge is -2.36. The Hall–Kier alpha value is -0.370. The van der Waals surface area contributed by atoms with E-state index in [2.05, 4.69) is 0 Å². The Balaban J connectivity index is 1.98. The van der Waals surface area contributed by atoms with Crippen LogP contribution in [0.5, 0.6) is 0 Å². The number of fused-ring (bicyclic) bond motifs is 1. The van der Waals surface area contributed by atoms with Crippen molar-refractivity contribution in [1.82, 2.24) is 0 Å². The summed E-state index contributed by atoms with van der Waals surface area (Å²) in [6, 6.07) is 0. The first-order valence-electron chi connectivity index (χ1n) is 4.95. The zero-order chi connectivity index (χ0) is 8.55. The van der Waals surface area contributed by atoms with Crippen LogP contribution in [0.15, 0.2) is 0 Å². The molecule has 2 heteroatoms. The quantitative estimate of drug-likeness (QED) is 0.595. The van der Waals surface area contributed by atoms with Crippen LogP contribution in [-0.2, 0) is 4.79 Å². The highest BCUT2D eigenvalue weighted by Crippen LogP contribution is 2.39. The van der Waals surface area contributed by atoms with E-state index in [0.717, 1.165) is 38.5 Å². The minimum atomic E-state index is -0.0838. The number of rotatable bonds is 0. The molecule has 0 aromatic heterocycles. The molecule has 0 unspecified atom stereocenters. The lowest BCUT2D eigenvalue weighted by Crippen LogP contribution is -2.33. The predicted molar refractivity (Wildman–Crippen MR) is 45.7 cm³/mol. The second-order valence-electron chi connectivity index (χ2n) is 4.27. The van der Waals surface area contributed by atoms with Crippen molar-refractivity contribution in [1.29, 1.82) is 0 Å². The molecule has 68 valence electrons. The number of ketones is 1. The van der Waals surface area contributed by atoms with Gasteiger partial charge in [-0.25, -0.2) is 0 Å². The molecule has 0 radical (unpaired) electrons. The maximum Gasteiger partial charge on any atom is 0.133 e. The third-order valence-corrected chi connectivity index (χ3v) is 3.40. The number of hydrogen-bond acceptors (Lipinski definition) is 2. The van der Waals surface area contributed by atoms with E-state index >= 15 is 0 Å². The molecule has 2 saturated carbocycles. The van der Waals surface area contributed by atoms with Gasteiger partial charge in [0.1, 0.15) is 5.78 Å². The summed E-state index contributed by atoms with van der Waals surface area (Å²) in [6.45, 7) is 0. The number of aliphatic hydroxyl groups is 1. The first-order chi connectivity index (χ1) is 5.75. The molecule has 2 aliphatic rings. The smallest absolute Gasteiger partial charge is 0.133 e. The number of carbonyl (C=O) groups is 1. The van der Waals surface area contributed by atoms with E-state index in [1.807, 2.05) is 0 Å². The van der Waals surface area contributed by atoms with Gasteiger partial charge in [0.15, 0.2) is 0 Å². The van der Waals surface area contributed by atoms with Crippen molar-refractivity contribution in [2.45, 2.75) is 44.6 Å². The average Bonchev–Trinajstić information content (AvgIpc) is 2.05. The summed E-state index contributed by atoms with van der Waals surface area (Å²) < 4.78 is 0. The predicted octanol–water partition coefficient (Wildman–Crippen LogP) is 1.52. The number of carbonyl (C=O) groups excluding carboxylic acids is 1. The van der Waals surface area contributed by atoms with Crippen molar-refractivity contribution in [3.8, 4) is 0 Å². The van der Waals surface area contributed by atoms with Gasteiger partial charge in [0, 0.05) is 12.8 Å². The van der Waals surface area contributed by atoms with Crippen molar-refractivity contribution in [3.63, 3.8) is 0 Å². The fourth-order valence-electron chi connectivity index (χ4n) is 2.67. The molecular weight excluding hydrogens is 152 g/mol. The minimum absolute atomic E-state index is 0.0838. The molecule has 0 saturated heterocycles. The molecule has 2 nitrogen and oxygen atoms in total. The fourth-order valence-corrected chi connectivity index (χ4v) is 2.67. The Kier molecular flexibility index (Phi) is 2.18. The van der Waals surface area contributed by atoms with Crippen LogP contribution in [0.25, 0.3) is 0 Å². The average molecular weight is 168 g/mol. The van der Waals surface area contributed by atoms with Gasteiger partial charge in [0.25, 0.3) is 0 Å². The maximum atomic E-state index is 11.1. The topological polar surface area (TPSA) is 37.3 Å². The third-order valence-electron chi connectivity index (χ3n) is 3.40. The zero-order valence-electron chi connectivity index (χ0n) is 7.33. The van der Waals surface area contributed by atoms with Gasteiger partial charge in [-0.05, 0) is 37.5 Å². The van der Waals surface area contributed by atoms with Crippen LogP contribution >= 0.6 is 0 Å². The normalized spacial score (nSPS) is 42.4. The summed E-state index contributed by atoms with van der Waals surface area (Å²) >= 11 is 0. The Labute approximate surface area is 73.0 Å². The first-order valence-corrected chi connectivity index (χ1v) is 4.95. The molecule has 2 aliphatic carbocycles. The van der Waals surface area contributed by atoms with Crippen LogP contribution in [0, 0.1) is 11.8 Å². The molecule has 2 rings (SSSR count). The molecule has 0 spiro atoms. The van der Waals surface area contributed by atoms with Crippen LogP contribution in [0.3, 0.4) is 0 Å². The summed E-state index contributed by atoms with van der Waals surface area (Å²) in [6.07, 6.45) is 5.41. The summed E-state index contributed by atoms with van der Waals surface area (Å²) in [7, 11) is 0. The van der Waals surface area contributed by atoms with Crippen molar-refractivity contribution < 1.29 is 9.90 Å². The largest absolute Gasteiger partial charge is 0.393 e. The van der Waals surface area contributed by atoms with E-state index in [4.69, 9.17) is 0 Å². The van der Waals surface area contributed by atoms with Crippen molar-refractivity contribution in [2.75, 3.05) is 0 Å². The Morgan fingerprint density at radius 2 is 2.00 bits per heavy atom. The van der Waals surface area contributed by atoms with Crippen molar-refractivity contribution >= 4 is 5.78 Å². The van der Waals surface area contributed by atoms with Crippen LogP contribution in [0.2, 0.25) is 0 Å². The second kappa shape index (κ2) is 3.17. The van der Waals surface area contributed by atoms with E-state index in [1.54, 1.807) is 0 Å². The SMILES string of the molecule is O=C1CC[C@@H]2C[C@H](O)CC[C@H]2C1. The van der Waals surface area contributed by atoms with E-state index < -0.39 is 0 Å². The molecule has 0 amide bonds. The molecule has 0 bridgehead atoms.